The average molecular weight is 222 g/mol. The summed E-state index contributed by atoms with van der Waals surface area (Å²) in [6, 6.07) is 0. The Balaban J connectivity index is 3.71. The van der Waals surface area contributed by atoms with Gasteiger partial charge in [0, 0.05) is 0 Å². The van der Waals surface area contributed by atoms with Crippen LogP contribution in [0, 0.1) is 5.92 Å². The van der Waals surface area contributed by atoms with Gasteiger partial charge < -0.3 is 0 Å². The molecule has 0 bridgehead atoms. The third-order valence-corrected chi connectivity index (χ3v) is 6.37. The maximum atomic E-state index is 11.4. The molecule has 0 aromatic rings. The van der Waals surface area contributed by atoms with Crippen LogP contribution in [0.15, 0.2) is 0 Å². The first-order chi connectivity index (χ1) is 4.98. The Kier molecular flexibility index (Phi) is 5.20. The van der Waals surface area contributed by atoms with Gasteiger partial charge >= 0.3 is 71.6 Å². The third-order valence-electron chi connectivity index (χ3n) is 1.51. The van der Waals surface area contributed by atoms with E-state index in [1.807, 2.05) is 20.8 Å². The average Bonchev–Trinajstić information content (AvgIpc) is 1.81. The van der Waals surface area contributed by atoms with Crippen molar-refractivity contribution in [1.29, 1.82) is 0 Å². The molecule has 0 rings (SSSR count). The van der Waals surface area contributed by atoms with Gasteiger partial charge in [-0.15, -0.1) is 0 Å². The molecule has 0 aromatic carbocycles. The molecule has 1 atom stereocenters. The Hall–Kier alpha value is 0.318. The summed E-state index contributed by atoms with van der Waals surface area (Å²) < 4.78 is 20.8. The van der Waals surface area contributed by atoms with Crippen molar-refractivity contribution in [2.24, 2.45) is 5.92 Å². The first kappa shape index (κ1) is 11.3. The van der Waals surface area contributed by atoms with Gasteiger partial charge in [-0.3, -0.25) is 0 Å². The molecule has 0 amide bonds. The summed E-state index contributed by atoms with van der Waals surface area (Å²) >= 11 is -3.36. The van der Waals surface area contributed by atoms with Crippen molar-refractivity contribution in [3.63, 3.8) is 0 Å². The van der Waals surface area contributed by atoms with E-state index in [0.29, 0.717) is 16.3 Å². The predicted molar refractivity (Wildman–Crippen MR) is 48.0 cm³/mol. The standard InChI is InChI=1S/C8H19AsO2/c1-4-5-6-9(10,11)7-8(2)3/h8H,4-7H2,1-3H3,(H,10,11). The van der Waals surface area contributed by atoms with E-state index in [4.69, 9.17) is 0 Å². The van der Waals surface area contributed by atoms with Crippen LogP contribution in [0.2, 0.25) is 10.4 Å². The van der Waals surface area contributed by atoms with Crippen LogP contribution in [0.3, 0.4) is 0 Å². The summed E-state index contributed by atoms with van der Waals surface area (Å²) in [5, 5.41) is 1.10. The molecule has 3 heteroatoms. The number of hydrogen-bond donors (Lipinski definition) is 1. The Morgan fingerprint density at radius 3 is 2.36 bits per heavy atom. The summed E-state index contributed by atoms with van der Waals surface area (Å²) in [4.78, 5) is 0. The molecule has 0 saturated carbocycles. The van der Waals surface area contributed by atoms with E-state index >= 15 is 0 Å². The van der Waals surface area contributed by atoms with E-state index in [1.54, 1.807) is 0 Å². The monoisotopic (exact) mass is 222 g/mol. The molecule has 11 heavy (non-hydrogen) atoms. The van der Waals surface area contributed by atoms with Crippen molar-refractivity contribution in [3.8, 4) is 0 Å². The molecular weight excluding hydrogens is 203 g/mol. The van der Waals surface area contributed by atoms with Crippen LogP contribution in [0.1, 0.15) is 33.6 Å². The molecule has 0 aromatic heterocycles. The van der Waals surface area contributed by atoms with Crippen molar-refractivity contribution < 1.29 is 7.84 Å². The molecule has 0 aliphatic heterocycles. The first-order valence-electron chi connectivity index (χ1n) is 4.29. The van der Waals surface area contributed by atoms with E-state index < -0.39 is 13.8 Å². The zero-order valence-electron chi connectivity index (χ0n) is 7.71. The van der Waals surface area contributed by atoms with Crippen molar-refractivity contribution >= 4 is 13.8 Å². The van der Waals surface area contributed by atoms with Gasteiger partial charge in [-0.25, -0.2) is 0 Å². The molecule has 0 fully saturated rings. The summed E-state index contributed by atoms with van der Waals surface area (Å²) in [6.07, 6.45) is 1.92. The predicted octanol–water partition coefficient (Wildman–Crippen LogP) is 2.31. The molecule has 0 saturated heterocycles. The number of hydrogen-bond acceptors (Lipinski definition) is 1. The van der Waals surface area contributed by atoms with Crippen LogP contribution in [0.4, 0.5) is 0 Å². The number of unbranched alkanes of at least 4 members (excludes halogenated alkanes) is 1. The van der Waals surface area contributed by atoms with Crippen LogP contribution in [0.25, 0.3) is 0 Å². The van der Waals surface area contributed by atoms with Gasteiger partial charge in [0.2, 0.25) is 0 Å². The van der Waals surface area contributed by atoms with Crippen LogP contribution < -0.4 is 0 Å². The normalized spacial score (nSPS) is 16.8. The van der Waals surface area contributed by atoms with Crippen molar-refractivity contribution in [3.05, 3.63) is 0 Å². The Labute approximate surface area is 72.0 Å². The maximum absolute atomic E-state index is 11.4. The molecule has 0 heterocycles. The first-order valence-corrected chi connectivity index (χ1v) is 8.54. The molecule has 2 nitrogen and oxygen atoms in total. The fourth-order valence-electron chi connectivity index (χ4n) is 1.07. The second kappa shape index (κ2) is 5.05. The quantitative estimate of drug-likeness (QED) is 0.724. The minimum atomic E-state index is -3.36. The summed E-state index contributed by atoms with van der Waals surface area (Å²) in [5.74, 6) is 0.363. The minimum absolute atomic E-state index is 0.363. The van der Waals surface area contributed by atoms with Gasteiger partial charge in [0.15, 0.2) is 0 Å². The third kappa shape index (κ3) is 6.71. The van der Waals surface area contributed by atoms with Gasteiger partial charge in [0.25, 0.3) is 0 Å². The van der Waals surface area contributed by atoms with Crippen LogP contribution in [-0.2, 0) is 3.74 Å². The fourth-order valence-corrected chi connectivity index (χ4v) is 5.54. The van der Waals surface area contributed by atoms with Crippen molar-refractivity contribution in [2.75, 3.05) is 0 Å². The number of rotatable bonds is 5. The summed E-state index contributed by atoms with van der Waals surface area (Å²) in [5.41, 5.74) is 0. The molecule has 0 radical (unpaired) electrons. The van der Waals surface area contributed by atoms with Gasteiger partial charge in [0.05, 0.1) is 0 Å². The summed E-state index contributed by atoms with van der Waals surface area (Å²) in [6.45, 7) is 6.04. The Morgan fingerprint density at radius 2 is 2.00 bits per heavy atom. The van der Waals surface area contributed by atoms with Crippen LogP contribution >= 0.6 is 0 Å². The zero-order chi connectivity index (χ0) is 8.91. The molecule has 0 aliphatic rings. The van der Waals surface area contributed by atoms with Crippen LogP contribution in [0.5, 0.6) is 0 Å². The zero-order valence-corrected chi connectivity index (χ0v) is 9.59. The second-order valence-corrected chi connectivity index (χ2v) is 8.76. The molecular formula is C8H19AsO2. The van der Waals surface area contributed by atoms with E-state index in [0.717, 1.165) is 12.8 Å². The van der Waals surface area contributed by atoms with Crippen LogP contribution in [-0.4, -0.2) is 17.9 Å². The molecule has 1 N–H and O–H groups in total. The van der Waals surface area contributed by atoms with Gasteiger partial charge in [0.1, 0.15) is 0 Å². The van der Waals surface area contributed by atoms with Gasteiger partial charge in [-0.05, 0) is 0 Å². The Morgan fingerprint density at radius 1 is 1.45 bits per heavy atom. The van der Waals surface area contributed by atoms with Crippen molar-refractivity contribution in [1.82, 2.24) is 0 Å². The second-order valence-electron chi connectivity index (χ2n) is 3.50. The van der Waals surface area contributed by atoms with Gasteiger partial charge in [-0.2, -0.15) is 0 Å². The summed E-state index contributed by atoms with van der Waals surface area (Å²) in [7, 11) is 0. The van der Waals surface area contributed by atoms with Crippen molar-refractivity contribution in [2.45, 2.75) is 44.0 Å². The van der Waals surface area contributed by atoms with E-state index in [-0.39, 0.29) is 0 Å². The van der Waals surface area contributed by atoms with E-state index in [2.05, 4.69) is 0 Å². The topological polar surface area (TPSA) is 37.3 Å². The van der Waals surface area contributed by atoms with Gasteiger partial charge in [-0.1, -0.05) is 0 Å². The molecule has 68 valence electrons. The SMILES string of the molecule is CCCC[As](=O)(O)CC(C)C. The molecule has 0 aliphatic carbocycles. The molecule has 0 spiro atoms. The molecule has 1 unspecified atom stereocenters. The fraction of sp³-hybridized carbons (Fsp3) is 1.00. The Bertz CT molecular complexity index is 143. The van der Waals surface area contributed by atoms with E-state index in [9.17, 15) is 7.84 Å². The van der Waals surface area contributed by atoms with E-state index in [1.165, 1.54) is 0 Å².